The molecular weight excluding hydrogens is 421 g/mol. The number of carbonyl (C=O) groups is 1. The number of ether oxygens (including phenoxy) is 2. The minimum atomic E-state index is -0.631. The van der Waals surface area contributed by atoms with Crippen molar-refractivity contribution in [2.24, 2.45) is 0 Å². The van der Waals surface area contributed by atoms with E-state index < -0.39 is 5.92 Å². The number of Topliss-reactive ketones (excluding diaryl/α,β-unsaturated/α-hetero) is 1. The molecule has 0 spiro atoms. The third-order valence-corrected chi connectivity index (χ3v) is 5.68. The van der Waals surface area contributed by atoms with Crippen molar-refractivity contribution in [1.82, 2.24) is 10.2 Å². The number of hydrogen-bond acceptors (Lipinski definition) is 5. The highest BCUT2D eigenvalue weighted by molar-refractivity contribution is 6.05. The van der Waals surface area contributed by atoms with Crippen LogP contribution < -0.4 is 15.2 Å². The molecule has 1 atom stereocenters. The van der Waals surface area contributed by atoms with Gasteiger partial charge in [-0.1, -0.05) is 49.4 Å². The molecule has 4 rings (SSSR count). The number of nitrogens with two attached hydrogens (primary N) is 1. The van der Waals surface area contributed by atoms with E-state index in [9.17, 15) is 9.18 Å². The number of nitrogens with one attached hydrogen (secondary N) is 1. The van der Waals surface area contributed by atoms with E-state index in [0.29, 0.717) is 33.9 Å². The molecule has 33 heavy (non-hydrogen) atoms. The van der Waals surface area contributed by atoms with Gasteiger partial charge in [-0.2, -0.15) is 5.10 Å². The number of ketones is 1. The number of halogens is 1. The standard InChI is InChI=1S/C26H24FN3O3/c1-15(17-9-11-19(20(27)13-17)16-7-5-4-6-8-16)26(31)25-23(28)24(29-30-25)18-10-12-21(32-2)22(14-18)33-3/h4-15H,28H2,1-3H3,(H,29,30). The smallest absolute Gasteiger partial charge is 0.192 e. The molecule has 0 bridgehead atoms. The third-order valence-electron chi connectivity index (χ3n) is 5.68. The van der Waals surface area contributed by atoms with Gasteiger partial charge < -0.3 is 15.2 Å². The van der Waals surface area contributed by atoms with Gasteiger partial charge >= 0.3 is 0 Å². The molecule has 4 aromatic rings. The Morgan fingerprint density at radius 1 is 0.970 bits per heavy atom. The minimum Gasteiger partial charge on any atom is -0.493 e. The minimum absolute atomic E-state index is 0.111. The molecule has 0 aliphatic carbocycles. The topological polar surface area (TPSA) is 90.2 Å². The summed E-state index contributed by atoms with van der Waals surface area (Å²) in [6.45, 7) is 1.71. The Morgan fingerprint density at radius 3 is 2.36 bits per heavy atom. The fraction of sp³-hybridized carbons (Fsp3) is 0.154. The first-order valence-electron chi connectivity index (χ1n) is 10.4. The number of nitrogen functional groups attached to an aromatic ring is 1. The van der Waals surface area contributed by atoms with Crippen molar-refractivity contribution in [2.45, 2.75) is 12.8 Å². The lowest BCUT2D eigenvalue weighted by atomic mass is 9.92. The summed E-state index contributed by atoms with van der Waals surface area (Å²) >= 11 is 0. The molecule has 3 aromatic carbocycles. The van der Waals surface area contributed by atoms with Crippen molar-refractivity contribution in [2.75, 3.05) is 20.0 Å². The van der Waals surface area contributed by atoms with E-state index in [1.807, 2.05) is 30.3 Å². The van der Waals surface area contributed by atoms with Crippen LogP contribution in [0.15, 0.2) is 66.7 Å². The van der Waals surface area contributed by atoms with E-state index in [-0.39, 0.29) is 23.0 Å². The Morgan fingerprint density at radius 2 is 1.70 bits per heavy atom. The van der Waals surface area contributed by atoms with Gasteiger partial charge in [0.1, 0.15) is 5.82 Å². The number of aromatic nitrogens is 2. The Kier molecular flexibility index (Phi) is 6.13. The first-order valence-corrected chi connectivity index (χ1v) is 10.4. The van der Waals surface area contributed by atoms with Crippen LogP contribution in [0.4, 0.5) is 10.1 Å². The highest BCUT2D eigenvalue weighted by Crippen LogP contribution is 2.36. The van der Waals surface area contributed by atoms with Crippen LogP contribution in [0.2, 0.25) is 0 Å². The van der Waals surface area contributed by atoms with Crippen LogP contribution in [-0.2, 0) is 0 Å². The number of methoxy groups -OCH3 is 2. The number of hydrogen-bond donors (Lipinski definition) is 2. The summed E-state index contributed by atoms with van der Waals surface area (Å²) in [5.41, 5.74) is 9.61. The fourth-order valence-electron chi connectivity index (χ4n) is 3.76. The Labute approximate surface area is 191 Å². The lowest BCUT2D eigenvalue weighted by Crippen LogP contribution is -2.12. The molecule has 0 saturated heterocycles. The van der Waals surface area contributed by atoms with Gasteiger partial charge in [0.05, 0.1) is 25.6 Å². The molecule has 0 radical (unpaired) electrons. The van der Waals surface area contributed by atoms with Crippen LogP contribution >= 0.6 is 0 Å². The van der Waals surface area contributed by atoms with Crippen LogP contribution in [-0.4, -0.2) is 30.2 Å². The molecule has 1 aromatic heterocycles. The summed E-state index contributed by atoms with van der Waals surface area (Å²) in [5, 5.41) is 7.00. The number of H-pyrrole nitrogens is 1. The van der Waals surface area contributed by atoms with Crippen LogP contribution in [0.3, 0.4) is 0 Å². The Balaban J connectivity index is 1.62. The number of carbonyl (C=O) groups excluding carboxylic acids is 1. The SMILES string of the molecule is COc1ccc(-c2[nH]nc(C(=O)C(C)c3ccc(-c4ccccc4)c(F)c3)c2N)cc1OC. The fourth-order valence-corrected chi connectivity index (χ4v) is 3.76. The van der Waals surface area contributed by atoms with Crippen molar-refractivity contribution >= 4 is 11.5 Å². The van der Waals surface area contributed by atoms with Gasteiger partial charge in [0.25, 0.3) is 0 Å². The number of aromatic amines is 1. The maximum Gasteiger partial charge on any atom is 0.192 e. The van der Waals surface area contributed by atoms with Crippen LogP contribution in [0.5, 0.6) is 11.5 Å². The summed E-state index contributed by atoms with van der Waals surface area (Å²) in [4.78, 5) is 13.2. The molecule has 1 unspecified atom stereocenters. The largest absolute Gasteiger partial charge is 0.493 e. The lowest BCUT2D eigenvalue weighted by molar-refractivity contribution is 0.0962. The van der Waals surface area contributed by atoms with E-state index >= 15 is 0 Å². The summed E-state index contributed by atoms with van der Waals surface area (Å²) in [5.74, 6) is -0.223. The summed E-state index contributed by atoms with van der Waals surface area (Å²) in [7, 11) is 3.09. The van der Waals surface area contributed by atoms with Crippen LogP contribution in [0.1, 0.15) is 28.9 Å². The zero-order chi connectivity index (χ0) is 23.5. The highest BCUT2D eigenvalue weighted by atomic mass is 19.1. The van der Waals surface area contributed by atoms with Gasteiger partial charge in [-0.05, 0) is 35.4 Å². The van der Waals surface area contributed by atoms with E-state index in [0.717, 1.165) is 5.56 Å². The second-order valence-electron chi connectivity index (χ2n) is 7.62. The molecule has 0 fully saturated rings. The average Bonchev–Trinajstić information content (AvgIpc) is 3.24. The first-order chi connectivity index (χ1) is 15.9. The maximum absolute atomic E-state index is 14.8. The second-order valence-corrected chi connectivity index (χ2v) is 7.62. The van der Waals surface area contributed by atoms with Gasteiger partial charge in [0.2, 0.25) is 0 Å². The monoisotopic (exact) mass is 445 g/mol. The van der Waals surface area contributed by atoms with Gasteiger partial charge in [0.15, 0.2) is 23.0 Å². The van der Waals surface area contributed by atoms with Gasteiger partial charge in [-0.15, -0.1) is 0 Å². The lowest BCUT2D eigenvalue weighted by Gasteiger charge is -2.12. The van der Waals surface area contributed by atoms with Crippen molar-refractivity contribution in [3.05, 3.63) is 83.8 Å². The molecule has 7 heteroatoms. The van der Waals surface area contributed by atoms with Gasteiger partial charge in [0, 0.05) is 17.0 Å². The molecule has 0 amide bonds. The summed E-state index contributed by atoms with van der Waals surface area (Å²) < 4.78 is 25.4. The number of benzene rings is 3. The number of anilines is 1. The van der Waals surface area contributed by atoms with E-state index in [1.165, 1.54) is 13.2 Å². The maximum atomic E-state index is 14.8. The molecule has 1 heterocycles. The third kappa shape index (κ3) is 4.17. The molecule has 168 valence electrons. The number of nitrogens with zero attached hydrogens (tertiary/aromatic N) is 1. The molecule has 0 aliphatic heterocycles. The molecule has 3 N–H and O–H groups in total. The highest BCUT2D eigenvalue weighted by Gasteiger charge is 2.25. The van der Waals surface area contributed by atoms with Gasteiger partial charge in [-0.3, -0.25) is 9.89 Å². The second kappa shape index (κ2) is 9.16. The van der Waals surface area contributed by atoms with Crippen molar-refractivity contribution in [3.8, 4) is 33.9 Å². The normalized spacial score (nSPS) is 11.8. The van der Waals surface area contributed by atoms with E-state index in [2.05, 4.69) is 10.2 Å². The predicted octanol–water partition coefficient (Wildman–Crippen LogP) is 5.47. The molecule has 6 nitrogen and oxygen atoms in total. The zero-order valence-corrected chi connectivity index (χ0v) is 18.6. The Bertz CT molecular complexity index is 1300. The van der Waals surface area contributed by atoms with E-state index in [1.54, 1.807) is 44.4 Å². The van der Waals surface area contributed by atoms with Crippen molar-refractivity contribution < 1.29 is 18.7 Å². The van der Waals surface area contributed by atoms with Gasteiger partial charge in [-0.25, -0.2) is 4.39 Å². The zero-order valence-electron chi connectivity index (χ0n) is 18.6. The van der Waals surface area contributed by atoms with E-state index in [4.69, 9.17) is 15.2 Å². The quantitative estimate of drug-likeness (QED) is 0.368. The predicted molar refractivity (Wildman–Crippen MR) is 126 cm³/mol. The molecular formula is C26H24FN3O3. The molecule has 0 saturated carbocycles. The Hall–Kier alpha value is -4.13. The van der Waals surface area contributed by atoms with Crippen molar-refractivity contribution in [3.63, 3.8) is 0 Å². The first kappa shape index (κ1) is 22.1. The average molecular weight is 445 g/mol. The molecule has 0 aliphatic rings. The summed E-state index contributed by atoms with van der Waals surface area (Å²) in [6.07, 6.45) is 0. The van der Waals surface area contributed by atoms with Crippen LogP contribution in [0, 0.1) is 5.82 Å². The van der Waals surface area contributed by atoms with Crippen molar-refractivity contribution in [1.29, 1.82) is 0 Å². The number of rotatable bonds is 7. The van der Waals surface area contributed by atoms with Crippen LogP contribution in [0.25, 0.3) is 22.4 Å². The summed E-state index contributed by atoms with van der Waals surface area (Å²) in [6, 6.07) is 19.4.